The smallest absolute Gasteiger partial charge is 0.348 e. The monoisotopic (exact) mass is 287 g/mol. The molecule has 1 amide bonds. The Morgan fingerprint density at radius 1 is 1.56 bits per heavy atom. The average molecular weight is 288 g/mol. The lowest BCUT2D eigenvalue weighted by Gasteiger charge is -2.14. The Kier molecular flexibility index (Phi) is 3.85. The molecule has 2 N–H and O–H groups in total. The molecule has 0 aliphatic rings. The number of carbonyl (C=O) groups is 1. The van der Waals surface area contributed by atoms with Gasteiger partial charge in [-0.25, -0.2) is 4.79 Å². The average Bonchev–Trinajstić information content (AvgIpc) is 2.20. The highest BCUT2D eigenvalue weighted by Gasteiger charge is 2.14. The van der Waals surface area contributed by atoms with Crippen molar-refractivity contribution in [3.05, 3.63) is 26.3 Å². The van der Waals surface area contributed by atoms with Gasteiger partial charge in [0, 0.05) is 12.2 Å². The first-order valence-corrected chi connectivity index (χ1v) is 5.66. The first kappa shape index (κ1) is 12.9. The molecule has 0 aliphatic heterocycles. The summed E-state index contributed by atoms with van der Waals surface area (Å²) in [5.41, 5.74) is 6.21. The van der Waals surface area contributed by atoms with Gasteiger partial charge >= 0.3 is 5.69 Å². The molecule has 5 nitrogen and oxygen atoms in total. The number of amides is 1. The highest BCUT2D eigenvalue weighted by atomic mass is 79.9. The molecule has 0 aromatic carbocycles. The van der Waals surface area contributed by atoms with E-state index < -0.39 is 11.8 Å². The number of nitrogens with two attached hydrogens (primary N) is 1. The number of carbonyl (C=O) groups excluding carboxylic acids is 1. The van der Waals surface area contributed by atoms with Gasteiger partial charge in [-0.15, -0.1) is 0 Å². The maximum absolute atomic E-state index is 11.7. The fourth-order valence-corrected chi connectivity index (χ4v) is 1.66. The molecule has 1 aromatic rings. The maximum atomic E-state index is 11.7. The maximum Gasteiger partial charge on any atom is 0.348 e. The summed E-state index contributed by atoms with van der Waals surface area (Å²) in [5, 5.41) is 0. The summed E-state index contributed by atoms with van der Waals surface area (Å²) in [5.74, 6) is -0.823. The molecule has 1 aromatic heterocycles. The van der Waals surface area contributed by atoms with Crippen molar-refractivity contribution in [1.29, 1.82) is 0 Å². The Labute approximate surface area is 102 Å². The van der Waals surface area contributed by atoms with E-state index in [2.05, 4.69) is 20.9 Å². The van der Waals surface area contributed by atoms with Gasteiger partial charge in [-0.1, -0.05) is 6.92 Å². The van der Waals surface area contributed by atoms with Gasteiger partial charge in [0.25, 0.3) is 0 Å². The Morgan fingerprint density at radius 3 is 2.62 bits per heavy atom. The molecule has 1 heterocycles. The van der Waals surface area contributed by atoms with Crippen LogP contribution < -0.4 is 11.4 Å². The molecule has 0 bridgehead atoms. The molecule has 0 radical (unpaired) electrons. The van der Waals surface area contributed by atoms with Crippen LogP contribution in [0.15, 0.2) is 9.27 Å². The van der Waals surface area contributed by atoms with Crippen LogP contribution in [0.1, 0.15) is 18.3 Å². The summed E-state index contributed by atoms with van der Waals surface area (Å²) in [7, 11) is 0. The largest absolute Gasteiger partial charge is 0.369 e. The molecule has 1 unspecified atom stereocenters. The van der Waals surface area contributed by atoms with E-state index in [1.54, 1.807) is 20.8 Å². The van der Waals surface area contributed by atoms with Crippen LogP contribution in [0.2, 0.25) is 0 Å². The highest BCUT2D eigenvalue weighted by Crippen LogP contribution is 2.17. The van der Waals surface area contributed by atoms with Crippen LogP contribution in [0.4, 0.5) is 0 Å². The molecule has 88 valence electrons. The predicted molar refractivity (Wildman–Crippen MR) is 64.0 cm³/mol. The third-order valence-electron chi connectivity index (χ3n) is 2.48. The zero-order chi connectivity index (χ0) is 12.5. The van der Waals surface area contributed by atoms with Crippen LogP contribution >= 0.6 is 15.9 Å². The Bertz CT molecular complexity index is 482. The number of aryl methyl sites for hydroxylation is 1. The summed E-state index contributed by atoms with van der Waals surface area (Å²) >= 11 is 3.35. The van der Waals surface area contributed by atoms with E-state index in [0.29, 0.717) is 5.69 Å². The van der Waals surface area contributed by atoms with Gasteiger partial charge in [-0.05, 0) is 29.8 Å². The van der Waals surface area contributed by atoms with Crippen molar-refractivity contribution < 1.29 is 4.79 Å². The minimum atomic E-state index is -0.428. The highest BCUT2D eigenvalue weighted by molar-refractivity contribution is 9.10. The van der Waals surface area contributed by atoms with Crippen LogP contribution in [0.25, 0.3) is 0 Å². The lowest BCUT2D eigenvalue weighted by Crippen LogP contribution is -2.33. The second-order valence-electron chi connectivity index (χ2n) is 3.79. The van der Waals surface area contributed by atoms with Gasteiger partial charge in [0.2, 0.25) is 5.91 Å². The van der Waals surface area contributed by atoms with Crippen molar-refractivity contribution in [2.24, 2.45) is 11.7 Å². The number of hydrogen-bond acceptors (Lipinski definition) is 3. The van der Waals surface area contributed by atoms with Gasteiger partial charge in [0.15, 0.2) is 0 Å². The van der Waals surface area contributed by atoms with Crippen LogP contribution in [-0.2, 0) is 11.3 Å². The third-order valence-corrected chi connectivity index (χ3v) is 3.62. The zero-order valence-corrected chi connectivity index (χ0v) is 11.0. The summed E-state index contributed by atoms with van der Waals surface area (Å²) < 4.78 is 2.23. The van der Waals surface area contributed by atoms with Crippen molar-refractivity contribution in [1.82, 2.24) is 9.55 Å². The van der Waals surface area contributed by atoms with E-state index in [1.165, 1.54) is 4.57 Å². The molecular formula is C10H14BrN3O2. The number of nitrogens with zero attached hydrogens (tertiary/aromatic N) is 2. The summed E-state index contributed by atoms with van der Waals surface area (Å²) in [6.45, 7) is 5.49. The molecule has 0 saturated heterocycles. The fraction of sp³-hybridized carbons (Fsp3) is 0.500. The van der Waals surface area contributed by atoms with Gasteiger partial charge in [0.05, 0.1) is 16.1 Å². The SMILES string of the molecule is Cc1nc(=O)n(CC(C)C(N)=O)c(C)c1Br. The third kappa shape index (κ3) is 2.49. The Balaban J connectivity index is 3.20. The summed E-state index contributed by atoms with van der Waals surface area (Å²) in [6.07, 6.45) is 0. The van der Waals surface area contributed by atoms with Crippen molar-refractivity contribution >= 4 is 21.8 Å². The molecule has 6 heteroatoms. The van der Waals surface area contributed by atoms with E-state index in [9.17, 15) is 9.59 Å². The zero-order valence-electron chi connectivity index (χ0n) is 9.45. The van der Waals surface area contributed by atoms with Crippen LogP contribution in [0, 0.1) is 19.8 Å². The molecule has 0 aliphatic carbocycles. The van der Waals surface area contributed by atoms with E-state index in [-0.39, 0.29) is 12.2 Å². The van der Waals surface area contributed by atoms with E-state index in [0.717, 1.165) is 10.2 Å². The number of primary amides is 1. The van der Waals surface area contributed by atoms with Gasteiger partial charge < -0.3 is 5.73 Å². The van der Waals surface area contributed by atoms with Gasteiger partial charge in [-0.2, -0.15) is 4.98 Å². The number of rotatable bonds is 3. The van der Waals surface area contributed by atoms with E-state index >= 15 is 0 Å². The standard InChI is InChI=1S/C10H14BrN3O2/c1-5(9(12)15)4-14-7(3)8(11)6(2)13-10(14)16/h5H,4H2,1-3H3,(H2,12,15). The topological polar surface area (TPSA) is 78.0 Å². The van der Waals surface area contributed by atoms with E-state index in [4.69, 9.17) is 5.73 Å². The minimum Gasteiger partial charge on any atom is -0.369 e. The second kappa shape index (κ2) is 4.78. The number of hydrogen-bond donors (Lipinski definition) is 1. The molecule has 0 fully saturated rings. The Hall–Kier alpha value is -1.17. The normalized spacial score (nSPS) is 12.5. The van der Waals surface area contributed by atoms with Gasteiger partial charge in [0.1, 0.15) is 0 Å². The summed E-state index contributed by atoms with van der Waals surface area (Å²) in [4.78, 5) is 26.5. The van der Waals surface area contributed by atoms with Crippen molar-refractivity contribution in [3.8, 4) is 0 Å². The summed E-state index contributed by atoms with van der Waals surface area (Å²) in [6, 6.07) is 0. The molecule has 0 spiro atoms. The predicted octanol–water partition coefficient (Wildman–Crippen LogP) is 0.744. The number of aromatic nitrogens is 2. The first-order chi connectivity index (χ1) is 7.34. The quantitative estimate of drug-likeness (QED) is 0.891. The van der Waals surface area contributed by atoms with Crippen LogP contribution in [-0.4, -0.2) is 15.5 Å². The van der Waals surface area contributed by atoms with Crippen molar-refractivity contribution in [3.63, 3.8) is 0 Å². The molecule has 0 saturated carbocycles. The van der Waals surface area contributed by atoms with E-state index in [1.807, 2.05) is 0 Å². The number of halogens is 1. The lowest BCUT2D eigenvalue weighted by atomic mass is 10.1. The lowest BCUT2D eigenvalue weighted by molar-refractivity contribution is -0.121. The minimum absolute atomic E-state index is 0.256. The van der Waals surface area contributed by atoms with Gasteiger partial charge in [-0.3, -0.25) is 9.36 Å². The Morgan fingerprint density at radius 2 is 2.12 bits per heavy atom. The molecule has 16 heavy (non-hydrogen) atoms. The van der Waals surface area contributed by atoms with Crippen molar-refractivity contribution in [2.45, 2.75) is 27.3 Å². The molecular weight excluding hydrogens is 274 g/mol. The molecule has 1 atom stereocenters. The van der Waals surface area contributed by atoms with Crippen LogP contribution in [0.5, 0.6) is 0 Å². The molecule has 1 rings (SSSR count). The van der Waals surface area contributed by atoms with Crippen molar-refractivity contribution in [2.75, 3.05) is 0 Å². The van der Waals surface area contributed by atoms with Crippen LogP contribution in [0.3, 0.4) is 0 Å². The first-order valence-electron chi connectivity index (χ1n) is 4.87. The second-order valence-corrected chi connectivity index (χ2v) is 4.59. The fourth-order valence-electron chi connectivity index (χ4n) is 1.36.